The molecule has 20 heavy (non-hydrogen) atoms. The Labute approximate surface area is 121 Å². The zero-order valence-corrected chi connectivity index (χ0v) is 13.2. The highest BCUT2D eigenvalue weighted by atomic mass is 32.2. The normalized spacial score (nSPS) is 25.8. The zero-order chi connectivity index (χ0) is 15.0. The molecule has 0 radical (unpaired) electrons. The van der Waals surface area contributed by atoms with Gasteiger partial charge in [0.2, 0.25) is 10.0 Å². The molecule has 0 bridgehead atoms. The molecule has 1 fully saturated rings. The maximum absolute atomic E-state index is 11.2. The molecule has 0 heterocycles. The number of sulfonamides is 1. The van der Waals surface area contributed by atoms with Gasteiger partial charge in [-0.05, 0) is 41.9 Å². The molecule has 1 saturated carbocycles. The van der Waals surface area contributed by atoms with E-state index in [4.69, 9.17) is 5.14 Å². The second-order valence-corrected chi connectivity index (χ2v) is 8.29. The fraction of sp³-hybridized carbons (Fsp3) is 0.600. The molecule has 2 rings (SSSR count). The second kappa shape index (κ2) is 5.47. The summed E-state index contributed by atoms with van der Waals surface area (Å²) in [7, 11) is -3.59. The summed E-state index contributed by atoms with van der Waals surface area (Å²) in [6.07, 6.45) is 2.43. The molecule has 0 aliphatic heterocycles. The third-order valence-corrected chi connectivity index (χ3v) is 5.08. The van der Waals surface area contributed by atoms with E-state index in [9.17, 15) is 8.42 Å². The van der Waals surface area contributed by atoms with Gasteiger partial charge in [-0.1, -0.05) is 32.9 Å². The molecule has 0 aromatic heterocycles. The maximum Gasteiger partial charge on any atom is 0.238 e. The minimum atomic E-state index is -3.59. The lowest BCUT2D eigenvalue weighted by Crippen LogP contribution is -2.31. The van der Waals surface area contributed by atoms with Crippen LogP contribution in [-0.4, -0.2) is 14.5 Å². The zero-order valence-electron chi connectivity index (χ0n) is 12.4. The van der Waals surface area contributed by atoms with Gasteiger partial charge in [-0.2, -0.15) is 0 Å². The second-order valence-electron chi connectivity index (χ2n) is 6.73. The Morgan fingerprint density at radius 2 is 1.85 bits per heavy atom. The van der Waals surface area contributed by atoms with E-state index < -0.39 is 10.0 Å². The maximum atomic E-state index is 11.2. The SMILES string of the molecule is CC1CC(C)(C)CC1NCc1ccc(S(N)(=O)=O)cc1. The van der Waals surface area contributed by atoms with Gasteiger partial charge in [0.15, 0.2) is 0 Å². The Bertz CT molecular complexity index is 564. The van der Waals surface area contributed by atoms with Gasteiger partial charge < -0.3 is 5.32 Å². The number of rotatable bonds is 4. The predicted molar refractivity (Wildman–Crippen MR) is 80.6 cm³/mol. The van der Waals surface area contributed by atoms with E-state index in [0.717, 1.165) is 12.1 Å². The van der Waals surface area contributed by atoms with Crippen LogP contribution in [0.25, 0.3) is 0 Å². The van der Waals surface area contributed by atoms with Crippen molar-refractivity contribution in [2.75, 3.05) is 0 Å². The van der Waals surface area contributed by atoms with Gasteiger partial charge in [0.1, 0.15) is 0 Å². The molecule has 2 unspecified atom stereocenters. The molecule has 1 aromatic rings. The molecule has 0 saturated heterocycles. The summed E-state index contributed by atoms with van der Waals surface area (Å²) in [6.45, 7) is 7.67. The highest BCUT2D eigenvalue weighted by Crippen LogP contribution is 2.40. The van der Waals surface area contributed by atoms with Crippen LogP contribution in [0.1, 0.15) is 39.2 Å². The van der Waals surface area contributed by atoms with Crippen molar-refractivity contribution in [3.63, 3.8) is 0 Å². The summed E-state index contributed by atoms with van der Waals surface area (Å²) in [5, 5.41) is 8.67. The fourth-order valence-electron chi connectivity index (χ4n) is 3.21. The van der Waals surface area contributed by atoms with Crippen molar-refractivity contribution in [1.29, 1.82) is 0 Å². The van der Waals surface area contributed by atoms with E-state index in [-0.39, 0.29) is 4.90 Å². The van der Waals surface area contributed by atoms with Crippen LogP contribution in [0.15, 0.2) is 29.2 Å². The van der Waals surface area contributed by atoms with Crippen LogP contribution in [0.3, 0.4) is 0 Å². The first-order chi connectivity index (χ1) is 9.17. The highest BCUT2D eigenvalue weighted by molar-refractivity contribution is 7.89. The minimum Gasteiger partial charge on any atom is -0.310 e. The molecule has 2 atom stereocenters. The van der Waals surface area contributed by atoms with Crippen molar-refractivity contribution >= 4 is 10.0 Å². The Balaban J connectivity index is 1.95. The van der Waals surface area contributed by atoms with Gasteiger partial charge in [-0.25, -0.2) is 13.6 Å². The molecule has 1 aliphatic rings. The van der Waals surface area contributed by atoms with Crippen molar-refractivity contribution in [2.24, 2.45) is 16.5 Å². The van der Waals surface area contributed by atoms with E-state index in [1.165, 1.54) is 12.8 Å². The summed E-state index contributed by atoms with van der Waals surface area (Å²) in [5.41, 5.74) is 1.49. The van der Waals surface area contributed by atoms with Crippen LogP contribution in [0.2, 0.25) is 0 Å². The van der Waals surface area contributed by atoms with Crippen LogP contribution >= 0.6 is 0 Å². The lowest BCUT2D eigenvalue weighted by molar-refractivity contribution is 0.362. The van der Waals surface area contributed by atoms with E-state index >= 15 is 0 Å². The van der Waals surface area contributed by atoms with Crippen molar-refractivity contribution in [3.8, 4) is 0 Å². The van der Waals surface area contributed by atoms with Gasteiger partial charge in [0.05, 0.1) is 4.90 Å². The number of nitrogens with one attached hydrogen (secondary N) is 1. The lowest BCUT2D eigenvalue weighted by atomic mass is 9.91. The van der Waals surface area contributed by atoms with E-state index in [1.54, 1.807) is 12.1 Å². The standard InChI is InChI=1S/C15H24N2O2S/c1-11-8-15(2,3)9-14(11)17-10-12-4-6-13(7-5-12)20(16,18)19/h4-7,11,14,17H,8-10H2,1-3H3,(H2,16,18,19). The largest absolute Gasteiger partial charge is 0.310 e. The van der Waals surface area contributed by atoms with Crippen molar-refractivity contribution < 1.29 is 8.42 Å². The predicted octanol–water partition coefficient (Wildman–Crippen LogP) is 2.25. The average molecular weight is 296 g/mol. The van der Waals surface area contributed by atoms with E-state index in [0.29, 0.717) is 17.4 Å². The molecule has 5 heteroatoms. The molecule has 3 N–H and O–H groups in total. The Morgan fingerprint density at radius 3 is 2.30 bits per heavy atom. The Kier molecular flexibility index (Phi) is 4.23. The van der Waals surface area contributed by atoms with Gasteiger partial charge in [-0.15, -0.1) is 0 Å². The number of hydrogen-bond donors (Lipinski definition) is 2. The minimum absolute atomic E-state index is 0.164. The average Bonchev–Trinajstić information content (AvgIpc) is 2.59. The highest BCUT2D eigenvalue weighted by Gasteiger charge is 2.36. The number of nitrogens with two attached hydrogens (primary N) is 1. The van der Waals surface area contributed by atoms with Crippen LogP contribution in [0.4, 0.5) is 0 Å². The van der Waals surface area contributed by atoms with Crippen molar-refractivity contribution in [2.45, 2.75) is 51.1 Å². The molecule has 1 aromatic carbocycles. The fourth-order valence-corrected chi connectivity index (χ4v) is 3.73. The number of hydrogen-bond acceptors (Lipinski definition) is 3. The summed E-state index contributed by atoms with van der Waals surface area (Å²) >= 11 is 0. The first-order valence-corrected chi connectivity index (χ1v) is 8.57. The molecular weight excluding hydrogens is 272 g/mol. The van der Waals surface area contributed by atoms with Gasteiger partial charge >= 0.3 is 0 Å². The molecule has 112 valence electrons. The number of primary sulfonamides is 1. The third kappa shape index (κ3) is 3.81. The first kappa shape index (κ1) is 15.5. The van der Waals surface area contributed by atoms with Gasteiger partial charge in [0, 0.05) is 12.6 Å². The van der Waals surface area contributed by atoms with E-state index in [1.807, 2.05) is 12.1 Å². The molecule has 0 spiro atoms. The molecule has 4 nitrogen and oxygen atoms in total. The third-order valence-electron chi connectivity index (χ3n) is 4.15. The van der Waals surface area contributed by atoms with Crippen LogP contribution in [-0.2, 0) is 16.6 Å². The van der Waals surface area contributed by atoms with Crippen molar-refractivity contribution in [1.82, 2.24) is 5.32 Å². The summed E-state index contributed by atoms with van der Waals surface area (Å²) in [5.74, 6) is 0.675. The molecular formula is C15H24N2O2S. The quantitative estimate of drug-likeness (QED) is 0.895. The van der Waals surface area contributed by atoms with Gasteiger partial charge in [0.25, 0.3) is 0 Å². The first-order valence-electron chi connectivity index (χ1n) is 7.02. The Hall–Kier alpha value is -0.910. The summed E-state index contributed by atoms with van der Waals surface area (Å²) < 4.78 is 22.4. The molecule has 0 amide bonds. The van der Waals surface area contributed by atoms with E-state index in [2.05, 4.69) is 26.1 Å². The molecule has 1 aliphatic carbocycles. The summed E-state index contributed by atoms with van der Waals surface area (Å²) in [4.78, 5) is 0.164. The van der Waals surface area contributed by atoms with Crippen LogP contribution < -0.4 is 10.5 Å². The smallest absolute Gasteiger partial charge is 0.238 e. The van der Waals surface area contributed by atoms with Crippen LogP contribution in [0.5, 0.6) is 0 Å². The van der Waals surface area contributed by atoms with Crippen molar-refractivity contribution in [3.05, 3.63) is 29.8 Å². The topological polar surface area (TPSA) is 72.2 Å². The van der Waals surface area contributed by atoms with Gasteiger partial charge in [-0.3, -0.25) is 0 Å². The Morgan fingerprint density at radius 1 is 1.25 bits per heavy atom. The summed E-state index contributed by atoms with van der Waals surface area (Å²) in [6, 6.07) is 7.29. The number of benzene rings is 1. The monoisotopic (exact) mass is 296 g/mol. The lowest BCUT2D eigenvalue weighted by Gasteiger charge is -2.18. The van der Waals surface area contributed by atoms with Crippen LogP contribution in [0, 0.1) is 11.3 Å².